The molecule has 1 aliphatic rings. The zero-order chi connectivity index (χ0) is 9.80. The van der Waals surface area contributed by atoms with Gasteiger partial charge in [-0.15, -0.1) is 11.3 Å². The second-order valence-corrected chi connectivity index (χ2v) is 4.88. The number of thiophene rings is 1. The van der Waals surface area contributed by atoms with Gasteiger partial charge in [0.15, 0.2) is 0 Å². The minimum atomic E-state index is 0.324. The maximum absolute atomic E-state index is 9.15. The van der Waals surface area contributed by atoms with Crippen LogP contribution in [0.5, 0.6) is 0 Å². The van der Waals surface area contributed by atoms with E-state index >= 15 is 0 Å². The Labute approximate surface area is 89.2 Å². The Kier molecular flexibility index (Phi) is 3.56. The second kappa shape index (κ2) is 4.91. The van der Waals surface area contributed by atoms with Crippen molar-refractivity contribution in [3.63, 3.8) is 0 Å². The molecule has 78 valence electrons. The molecule has 1 fully saturated rings. The van der Waals surface area contributed by atoms with Gasteiger partial charge in [0.05, 0.1) is 6.61 Å². The van der Waals surface area contributed by atoms with Crippen LogP contribution in [0, 0.1) is 0 Å². The molecule has 0 aromatic carbocycles. The van der Waals surface area contributed by atoms with Crippen LogP contribution >= 0.6 is 11.3 Å². The maximum Gasteiger partial charge on any atom is 0.0586 e. The molecule has 1 aromatic heterocycles. The summed E-state index contributed by atoms with van der Waals surface area (Å²) in [5.74, 6) is 0. The van der Waals surface area contributed by atoms with Gasteiger partial charge in [0, 0.05) is 17.5 Å². The largest absolute Gasteiger partial charge is 0.395 e. The van der Waals surface area contributed by atoms with Crippen molar-refractivity contribution in [3.8, 4) is 0 Å². The fourth-order valence-electron chi connectivity index (χ4n) is 2.10. The highest BCUT2D eigenvalue weighted by Gasteiger charge is 2.22. The number of hydrogen-bond acceptors (Lipinski definition) is 3. The number of hydrogen-bond donors (Lipinski definition) is 1. The Morgan fingerprint density at radius 2 is 2.50 bits per heavy atom. The summed E-state index contributed by atoms with van der Waals surface area (Å²) < 4.78 is 0. The molecule has 1 saturated heterocycles. The molecule has 2 heterocycles. The van der Waals surface area contributed by atoms with Crippen molar-refractivity contribution < 1.29 is 5.11 Å². The molecule has 0 bridgehead atoms. The van der Waals surface area contributed by atoms with Gasteiger partial charge in [-0.2, -0.15) is 0 Å². The van der Waals surface area contributed by atoms with Crippen molar-refractivity contribution in [2.75, 3.05) is 19.7 Å². The third-order valence-corrected chi connectivity index (χ3v) is 3.87. The van der Waals surface area contributed by atoms with Gasteiger partial charge in [0.2, 0.25) is 0 Å². The molecule has 0 aliphatic carbocycles. The first-order chi connectivity index (χ1) is 6.90. The second-order valence-electron chi connectivity index (χ2n) is 3.84. The summed E-state index contributed by atoms with van der Waals surface area (Å²) in [6.45, 7) is 2.59. The first kappa shape index (κ1) is 10.1. The molecule has 1 atom stereocenters. The van der Waals surface area contributed by atoms with Crippen LogP contribution in [0.25, 0.3) is 0 Å². The van der Waals surface area contributed by atoms with E-state index in [2.05, 4.69) is 22.4 Å². The van der Waals surface area contributed by atoms with E-state index in [-0.39, 0.29) is 0 Å². The zero-order valence-electron chi connectivity index (χ0n) is 8.35. The van der Waals surface area contributed by atoms with E-state index in [0.717, 1.165) is 19.5 Å². The molecule has 3 heteroatoms. The van der Waals surface area contributed by atoms with Gasteiger partial charge in [-0.05, 0) is 37.3 Å². The topological polar surface area (TPSA) is 23.5 Å². The van der Waals surface area contributed by atoms with Gasteiger partial charge < -0.3 is 5.11 Å². The van der Waals surface area contributed by atoms with Crippen LogP contribution in [-0.2, 0) is 6.42 Å². The molecule has 1 N–H and O–H groups in total. The third-order valence-electron chi connectivity index (χ3n) is 2.94. The SMILES string of the molecule is OC[C@H]1CCCN1CCc1cccs1. The Balaban J connectivity index is 1.80. The molecule has 2 nitrogen and oxygen atoms in total. The Bertz CT molecular complexity index is 260. The van der Waals surface area contributed by atoms with Crippen LogP contribution in [-0.4, -0.2) is 35.7 Å². The standard InChI is InChI=1S/C11H17NOS/c13-9-10-3-1-6-12(10)7-5-11-4-2-8-14-11/h2,4,8,10,13H,1,3,5-7,9H2/t10-/m1/s1. The summed E-state index contributed by atoms with van der Waals surface area (Å²) >= 11 is 1.83. The first-order valence-corrected chi connectivity index (χ1v) is 6.15. The molecule has 1 aliphatic heterocycles. The van der Waals surface area contributed by atoms with Crippen LogP contribution in [0.3, 0.4) is 0 Å². The molecule has 0 unspecified atom stereocenters. The Hall–Kier alpha value is -0.380. The first-order valence-electron chi connectivity index (χ1n) is 5.27. The molecule has 0 saturated carbocycles. The van der Waals surface area contributed by atoms with Crippen molar-refractivity contribution >= 4 is 11.3 Å². The predicted molar refractivity (Wildman–Crippen MR) is 59.7 cm³/mol. The van der Waals surface area contributed by atoms with Gasteiger partial charge in [-0.25, -0.2) is 0 Å². The lowest BCUT2D eigenvalue weighted by molar-refractivity contribution is 0.160. The van der Waals surface area contributed by atoms with Crippen molar-refractivity contribution in [2.45, 2.75) is 25.3 Å². The molecule has 1 aromatic rings. The molecular weight excluding hydrogens is 194 g/mol. The summed E-state index contributed by atoms with van der Waals surface area (Å²) in [6.07, 6.45) is 3.55. The van der Waals surface area contributed by atoms with Crippen molar-refractivity contribution in [3.05, 3.63) is 22.4 Å². The smallest absolute Gasteiger partial charge is 0.0586 e. The quantitative estimate of drug-likeness (QED) is 0.820. The Morgan fingerprint density at radius 1 is 1.57 bits per heavy atom. The number of nitrogens with zero attached hydrogens (tertiary/aromatic N) is 1. The van der Waals surface area contributed by atoms with Gasteiger partial charge in [-0.3, -0.25) is 4.90 Å². The average molecular weight is 211 g/mol. The minimum Gasteiger partial charge on any atom is -0.395 e. The van der Waals surface area contributed by atoms with Crippen molar-refractivity contribution in [1.29, 1.82) is 0 Å². The minimum absolute atomic E-state index is 0.324. The molecular formula is C11H17NOS. The van der Waals surface area contributed by atoms with E-state index in [1.54, 1.807) is 0 Å². The Morgan fingerprint density at radius 3 is 3.21 bits per heavy atom. The van der Waals surface area contributed by atoms with Crippen LogP contribution < -0.4 is 0 Å². The molecule has 0 spiro atoms. The van der Waals surface area contributed by atoms with E-state index in [1.807, 2.05) is 11.3 Å². The molecule has 2 rings (SSSR count). The summed E-state index contributed by atoms with van der Waals surface area (Å²) in [5.41, 5.74) is 0. The van der Waals surface area contributed by atoms with E-state index in [0.29, 0.717) is 12.6 Å². The van der Waals surface area contributed by atoms with Crippen LogP contribution in [0.4, 0.5) is 0 Å². The van der Waals surface area contributed by atoms with Gasteiger partial charge >= 0.3 is 0 Å². The van der Waals surface area contributed by atoms with Crippen molar-refractivity contribution in [1.82, 2.24) is 4.90 Å². The summed E-state index contributed by atoms with van der Waals surface area (Å²) in [7, 11) is 0. The maximum atomic E-state index is 9.15. The van der Waals surface area contributed by atoms with E-state index < -0.39 is 0 Å². The highest BCUT2D eigenvalue weighted by molar-refractivity contribution is 7.09. The monoisotopic (exact) mass is 211 g/mol. The summed E-state index contributed by atoms with van der Waals surface area (Å²) in [4.78, 5) is 3.87. The fourth-order valence-corrected chi connectivity index (χ4v) is 2.80. The van der Waals surface area contributed by atoms with E-state index in [1.165, 1.54) is 17.7 Å². The third kappa shape index (κ3) is 2.35. The molecule has 14 heavy (non-hydrogen) atoms. The highest BCUT2D eigenvalue weighted by Crippen LogP contribution is 2.18. The van der Waals surface area contributed by atoms with Gasteiger partial charge in [0.1, 0.15) is 0 Å². The number of aliphatic hydroxyl groups is 1. The van der Waals surface area contributed by atoms with Gasteiger partial charge in [-0.1, -0.05) is 6.07 Å². The zero-order valence-corrected chi connectivity index (χ0v) is 9.17. The lowest BCUT2D eigenvalue weighted by atomic mass is 10.2. The number of likely N-dealkylation sites (tertiary alicyclic amines) is 1. The average Bonchev–Trinajstić information content (AvgIpc) is 2.85. The molecule has 0 amide bonds. The lowest BCUT2D eigenvalue weighted by Gasteiger charge is -2.21. The van der Waals surface area contributed by atoms with Crippen LogP contribution in [0.15, 0.2) is 17.5 Å². The van der Waals surface area contributed by atoms with E-state index in [4.69, 9.17) is 5.11 Å². The van der Waals surface area contributed by atoms with Gasteiger partial charge in [0.25, 0.3) is 0 Å². The molecule has 0 radical (unpaired) electrons. The number of aliphatic hydroxyl groups excluding tert-OH is 1. The number of rotatable bonds is 4. The summed E-state index contributed by atoms with van der Waals surface area (Å²) in [6, 6.07) is 4.72. The van der Waals surface area contributed by atoms with Crippen LogP contribution in [0.2, 0.25) is 0 Å². The fraction of sp³-hybridized carbons (Fsp3) is 0.636. The lowest BCUT2D eigenvalue weighted by Crippen LogP contribution is -2.33. The van der Waals surface area contributed by atoms with Crippen LogP contribution in [0.1, 0.15) is 17.7 Å². The normalized spacial score (nSPS) is 23.1. The predicted octanol–water partition coefficient (Wildman–Crippen LogP) is 1.75. The highest BCUT2D eigenvalue weighted by atomic mass is 32.1. The van der Waals surface area contributed by atoms with Crippen molar-refractivity contribution in [2.24, 2.45) is 0 Å². The summed E-state index contributed by atoms with van der Waals surface area (Å²) in [5, 5.41) is 11.3. The van der Waals surface area contributed by atoms with E-state index in [9.17, 15) is 0 Å².